The third-order valence-corrected chi connectivity index (χ3v) is 5.49. The second-order valence-corrected chi connectivity index (χ2v) is 7.12. The monoisotopic (exact) mass is 360 g/mol. The number of hydrogen-bond acceptors (Lipinski definition) is 3. The average molecular weight is 360 g/mol. The number of benzene rings is 1. The van der Waals surface area contributed by atoms with Crippen molar-refractivity contribution < 1.29 is 9.21 Å². The number of amides is 1. The topological polar surface area (TPSA) is 46.3 Å². The molecule has 3 aromatic rings. The fourth-order valence-electron chi connectivity index (χ4n) is 3.96. The van der Waals surface area contributed by atoms with E-state index in [1.165, 1.54) is 5.56 Å². The number of rotatable bonds is 5. The Morgan fingerprint density at radius 3 is 2.44 bits per heavy atom. The van der Waals surface area contributed by atoms with Gasteiger partial charge in [-0.1, -0.05) is 30.3 Å². The molecule has 1 fully saturated rings. The Bertz CT molecular complexity index is 839. The number of furan rings is 1. The van der Waals surface area contributed by atoms with Gasteiger partial charge in [-0.2, -0.15) is 0 Å². The maximum atomic E-state index is 13.0. The van der Waals surface area contributed by atoms with Crippen molar-refractivity contribution in [3.05, 3.63) is 90.1 Å². The predicted molar refractivity (Wildman–Crippen MR) is 104 cm³/mol. The Balaban J connectivity index is 1.42. The number of carbonyl (C=O) groups excluding carboxylic acids is 1. The van der Waals surface area contributed by atoms with E-state index in [2.05, 4.69) is 29.2 Å². The molecule has 0 bridgehead atoms. The van der Waals surface area contributed by atoms with Crippen LogP contribution in [0.5, 0.6) is 0 Å². The minimum Gasteiger partial charge on any atom is -0.469 e. The van der Waals surface area contributed by atoms with Crippen LogP contribution in [0.4, 0.5) is 0 Å². The highest BCUT2D eigenvalue weighted by Gasteiger charge is 2.27. The molecule has 1 aromatic carbocycles. The summed E-state index contributed by atoms with van der Waals surface area (Å²) < 4.78 is 5.64. The maximum absolute atomic E-state index is 13.0. The summed E-state index contributed by atoms with van der Waals surface area (Å²) in [4.78, 5) is 19.1. The van der Waals surface area contributed by atoms with Crippen LogP contribution in [0.15, 0.2) is 77.7 Å². The van der Waals surface area contributed by atoms with Gasteiger partial charge in [0.05, 0.1) is 12.2 Å². The summed E-state index contributed by atoms with van der Waals surface area (Å²) in [5, 5.41) is 0. The zero-order chi connectivity index (χ0) is 18.5. The van der Waals surface area contributed by atoms with Gasteiger partial charge in [0, 0.05) is 31.9 Å². The lowest BCUT2D eigenvalue weighted by Crippen LogP contribution is -2.38. The number of pyridine rings is 1. The molecule has 1 amide bonds. The predicted octanol–water partition coefficient (Wildman–Crippen LogP) is 4.60. The minimum absolute atomic E-state index is 0.0355. The molecule has 0 saturated carbocycles. The molecular formula is C23H24N2O2. The minimum atomic E-state index is -0.0355. The van der Waals surface area contributed by atoms with Crippen LogP contribution in [0.2, 0.25) is 0 Å². The zero-order valence-electron chi connectivity index (χ0n) is 15.3. The highest BCUT2D eigenvalue weighted by molar-refractivity contribution is 5.77. The van der Waals surface area contributed by atoms with Crippen LogP contribution < -0.4 is 0 Å². The van der Waals surface area contributed by atoms with Crippen molar-refractivity contribution in [3.63, 3.8) is 0 Å². The molecule has 1 saturated heterocycles. The van der Waals surface area contributed by atoms with E-state index in [4.69, 9.17) is 4.42 Å². The van der Waals surface area contributed by atoms with E-state index in [0.717, 1.165) is 37.3 Å². The third kappa shape index (κ3) is 4.11. The Kier molecular flexibility index (Phi) is 5.33. The van der Waals surface area contributed by atoms with Crippen molar-refractivity contribution in [2.24, 2.45) is 0 Å². The second kappa shape index (κ2) is 8.21. The molecule has 1 atom stereocenters. The summed E-state index contributed by atoms with van der Waals surface area (Å²) in [6, 6.07) is 18.2. The first-order valence-corrected chi connectivity index (χ1v) is 9.57. The number of piperidine rings is 1. The van der Waals surface area contributed by atoms with Gasteiger partial charge in [0.2, 0.25) is 5.91 Å². The molecule has 0 N–H and O–H groups in total. The molecule has 2 aromatic heterocycles. The first kappa shape index (κ1) is 17.5. The van der Waals surface area contributed by atoms with Crippen molar-refractivity contribution in [2.45, 2.75) is 31.1 Å². The van der Waals surface area contributed by atoms with Crippen molar-refractivity contribution in [2.75, 3.05) is 13.1 Å². The van der Waals surface area contributed by atoms with Crippen LogP contribution >= 0.6 is 0 Å². The Hall–Kier alpha value is -2.88. The summed E-state index contributed by atoms with van der Waals surface area (Å²) in [6.07, 6.45) is 7.83. The number of hydrogen-bond donors (Lipinski definition) is 0. The standard InChI is InChI=1S/C23H24N2O2/c26-23(25-14-10-19(11-15-25)18-8-12-24-13-9-18)17-21(22-7-4-16-27-22)20-5-2-1-3-6-20/h1-9,12-13,16,19,21H,10-11,14-15,17H2/t21-/m0/s1. The van der Waals surface area contributed by atoms with E-state index in [1.807, 2.05) is 47.6 Å². The number of likely N-dealkylation sites (tertiary alicyclic amines) is 1. The third-order valence-electron chi connectivity index (χ3n) is 5.49. The van der Waals surface area contributed by atoms with Gasteiger partial charge < -0.3 is 9.32 Å². The summed E-state index contributed by atoms with van der Waals surface area (Å²) in [6.45, 7) is 1.62. The second-order valence-electron chi connectivity index (χ2n) is 7.12. The number of aromatic nitrogens is 1. The summed E-state index contributed by atoms with van der Waals surface area (Å²) >= 11 is 0. The van der Waals surface area contributed by atoms with Gasteiger partial charge in [0.25, 0.3) is 0 Å². The number of carbonyl (C=O) groups is 1. The Labute approximate surface area is 159 Å². The van der Waals surface area contributed by atoms with Crippen molar-refractivity contribution >= 4 is 5.91 Å². The SMILES string of the molecule is O=C(C[C@@H](c1ccccc1)c1ccco1)N1CCC(c2ccncc2)CC1. The van der Waals surface area contributed by atoms with Crippen LogP contribution in [-0.2, 0) is 4.79 Å². The van der Waals surface area contributed by atoms with Gasteiger partial charge in [-0.05, 0) is 54.2 Å². The quantitative estimate of drug-likeness (QED) is 0.668. The van der Waals surface area contributed by atoms with E-state index in [1.54, 1.807) is 6.26 Å². The van der Waals surface area contributed by atoms with Gasteiger partial charge in [-0.15, -0.1) is 0 Å². The van der Waals surface area contributed by atoms with E-state index in [0.29, 0.717) is 12.3 Å². The molecule has 27 heavy (non-hydrogen) atoms. The van der Waals surface area contributed by atoms with Gasteiger partial charge in [-0.25, -0.2) is 0 Å². The number of nitrogens with zero attached hydrogens (tertiary/aromatic N) is 2. The van der Waals surface area contributed by atoms with E-state index < -0.39 is 0 Å². The van der Waals surface area contributed by atoms with Crippen LogP contribution in [-0.4, -0.2) is 28.9 Å². The van der Waals surface area contributed by atoms with Gasteiger partial charge in [-0.3, -0.25) is 9.78 Å². The highest BCUT2D eigenvalue weighted by atomic mass is 16.3. The molecule has 4 heteroatoms. The Morgan fingerprint density at radius 2 is 1.78 bits per heavy atom. The van der Waals surface area contributed by atoms with Crippen molar-refractivity contribution in [1.29, 1.82) is 0 Å². The Morgan fingerprint density at radius 1 is 1.04 bits per heavy atom. The molecule has 0 radical (unpaired) electrons. The van der Waals surface area contributed by atoms with E-state index >= 15 is 0 Å². The van der Waals surface area contributed by atoms with Crippen molar-refractivity contribution in [1.82, 2.24) is 9.88 Å². The van der Waals surface area contributed by atoms with Gasteiger partial charge >= 0.3 is 0 Å². The maximum Gasteiger partial charge on any atom is 0.223 e. The molecule has 0 aliphatic carbocycles. The van der Waals surface area contributed by atoms with E-state index in [-0.39, 0.29) is 11.8 Å². The lowest BCUT2D eigenvalue weighted by atomic mass is 9.89. The van der Waals surface area contributed by atoms with Crippen LogP contribution in [0, 0.1) is 0 Å². The van der Waals surface area contributed by atoms with Crippen LogP contribution in [0.3, 0.4) is 0 Å². The zero-order valence-corrected chi connectivity index (χ0v) is 15.3. The van der Waals surface area contributed by atoms with E-state index in [9.17, 15) is 4.79 Å². The molecule has 0 spiro atoms. The fraction of sp³-hybridized carbons (Fsp3) is 0.304. The molecule has 4 rings (SSSR count). The normalized spacial score (nSPS) is 16.2. The molecule has 4 nitrogen and oxygen atoms in total. The first-order valence-electron chi connectivity index (χ1n) is 9.57. The van der Waals surface area contributed by atoms with Gasteiger partial charge in [0.1, 0.15) is 5.76 Å². The molecule has 1 aliphatic rings. The average Bonchev–Trinajstić information content (AvgIpc) is 3.28. The lowest BCUT2D eigenvalue weighted by molar-refractivity contribution is -0.132. The smallest absolute Gasteiger partial charge is 0.223 e. The molecular weight excluding hydrogens is 336 g/mol. The molecule has 1 aliphatic heterocycles. The first-order chi connectivity index (χ1) is 13.3. The van der Waals surface area contributed by atoms with Crippen LogP contribution in [0.1, 0.15) is 48.0 Å². The lowest BCUT2D eigenvalue weighted by Gasteiger charge is -2.33. The molecule has 3 heterocycles. The van der Waals surface area contributed by atoms with Crippen LogP contribution in [0.25, 0.3) is 0 Å². The van der Waals surface area contributed by atoms with Crippen molar-refractivity contribution in [3.8, 4) is 0 Å². The summed E-state index contributed by atoms with van der Waals surface area (Å²) in [7, 11) is 0. The molecule has 0 unspecified atom stereocenters. The molecule has 138 valence electrons. The highest BCUT2D eigenvalue weighted by Crippen LogP contribution is 2.31. The summed E-state index contributed by atoms with van der Waals surface area (Å²) in [5.74, 6) is 1.54. The van der Waals surface area contributed by atoms with Gasteiger partial charge in [0.15, 0.2) is 0 Å². The fourth-order valence-corrected chi connectivity index (χ4v) is 3.96. The summed E-state index contributed by atoms with van der Waals surface area (Å²) in [5.41, 5.74) is 2.45. The largest absolute Gasteiger partial charge is 0.469 e.